The van der Waals surface area contributed by atoms with Gasteiger partial charge < -0.3 is 10.6 Å². The molecule has 0 spiro atoms. The largest absolute Gasteiger partial charge is 0.355 e. The lowest BCUT2D eigenvalue weighted by Gasteiger charge is -2.09. The lowest BCUT2D eigenvalue weighted by Crippen LogP contribution is -2.17. The third-order valence-corrected chi connectivity index (χ3v) is 4.11. The number of benzene rings is 2. The Labute approximate surface area is 150 Å². The lowest BCUT2D eigenvalue weighted by molar-refractivity contribution is 0.0963. The third kappa shape index (κ3) is 2.88. The first-order chi connectivity index (χ1) is 12.8. The molecule has 0 radical (unpaired) electrons. The second-order valence-electron chi connectivity index (χ2n) is 5.76. The fraction of sp³-hybridized carbons (Fsp3) is 0.0500. The molecule has 0 saturated heterocycles. The van der Waals surface area contributed by atoms with Gasteiger partial charge in [0.25, 0.3) is 5.91 Å². The molecule has 0 aliphatic rings. The normalized spacial score (nSPS) is 10.7. The molecule has 0 fully saturated rings. The predicted molar refractivity (Wildman–Crippen MR) is 102 cm³/mol. The van der Waals surface area contributed by atoms with Gasteiger partial charge in [-0.3, -0.25) is 14.2 Å². The van der Waals surface area contributed by atoms with E-state index in [-0.39, 0.29) is 5.91 Å². The van der Waals surface area contributed by atoms with Gasteiger partial charge in [-0.2, -0.15) is 0 Å². The summed E-state index contributed by atoms with van der Waals surface area (Å²) in [6.45, 7) is 0. The SMILES string of the molecule is CNC(=O)c1ccc(Nc2c(-c3ccccc3)nc3cnccn23)cc1. The zero-order valence-corrected chi connectivity index (χ0v) is 14.2. The van der Waals surface area contributed by atoms with E-state index >= 15 is 0 Å². The average molecular weight is 343 g/mol. The summed E-state index contributed by atoms with van der Waals surface area (Å²) in [6, 6.07) is 17.3. The Hall–Kier alpha value is -3.67. The summed E-state index contributed by atoms with van der Waals surface area (Å²) in [7, 11) is 1.62. The minimum absolute atomic E-state index is 0.109. The number of rotatable bonds is 4. The van der Waals surface area contributed by atoms with Gasteiger partial charge in [-0.25, -0.2) is 4.98 Å². The van der Waals surface area contributed by atoms with Gasteiger partial charge in [0.2, 0.25) is 0 Å². The summed E-state index contributed by atoms with van der Waals surface area (Å²) >= 11 is 0. The molecule has 0 aliphatic heterocycles. The van der Waals surface area contributed by atoms with Crippen LogP contribution in [0.2, 0.25) is 0 Å². The fourth-order valence-electron chi connectivity index (χ4n) is 2.81. The number of nitrogens with zero attached hydrogens (tertiary/aromatic N) is 3. The van der Waals surface area contributed by atoms with Crippen LogP contribution in [0.4, 0.5) is 11.5 Å². The quantitative estimate of drug-likeness (QED) is 0.595. The van der Waals surface area contributed by atoms with Crippen molar-refractivity contribution in [2.45, 2.75) is 0 Å². The Balaban J connectivity index is 1.77. The van der Waals surface area contributed by atoms with Gasteiger partial charge in [0.05, 0.1) is 6.20 Å². The molecule has 1 amide bonds. The number of hydrogen-bond donors (Lipinski definition) is 2. The summed E-state index contributed by atoms with van der Waals surface area (Å²) in [4.78, 5) is 20.6. The van der Waals surface area contributed by atoms with Crippen molar-refractivity contribution in [3.05, 3.63) is 78.8 Å². The number of hydrogen-bond acceptors (Lipinski definition) is 4. The summed E-state index contributed by atoms with van der Waals surface area (Å²) in [5.41, 5.74) is 4.10. The van der Waals surface area contributed by atoms with Gasteiger partial charge in [0.1, 0.15) is 11.5 Å². The predicted octanol–water partition coefficient (Wildman–Crippen LogP) is 3.50. The van der Waals surface area contributed by atoms with Crippen LogP contribution in [0.5, 0.6) is 0 Å². The molecule has 0 unspecified atom stereocenters. The topological polar surface area (TPSA) is 71.3 Å². The van der Waals surface area contributed by atoms with Crippen LogP contribution in [0.25, 0.3) is 16.9 Å². The highest BCUT2D eigenvalue weighted by Gasteiger charge is 2.14. The molecule has 0 aliphatic carbocycles. The number of aromatic nitrogens is 3. The maximum Gasteiger partial charge on any atom is 0.251 e. The van der Waals surface area contributed by atoms with Crippen molar-refractivity contribution in [3.63, 3.8) is 0 Å². The molecule has 2 heterocycles. The maximum atomic E-state index is 11.7. The molecule has 0 atom stereocenters. The molecule has 0 bridgehead atoms. The van der Waals surface area contributed by atoms with E-state index < -0.39 is 0 Å². The van der Waals surface area contributed by atoms with Crippen molar-refractivity contribution >= 4 is 23.1 Å². The lowest BCUT2D eigenvalue weighted by atomic mass is 10.1. The number of fused-ring (bicyclic) bond motifs is 1. The molecule has 4 aromatic rings. The Morgan fingerprint density at radius 1 is 1.04 bits per heavy atom. The Bertz CT molecular complexity index is 1050. The number of carbonyl (C=O) groups excluding carboxylic acids is 1. The highest BCUT2D eigenvalue weighted by atomic mass is 16.1. The second kappa shape index (κ2) is 6.68. The maximum absolute atomic E-state index is 11.7. The van der Waals surface area contributed by atoms with Gasteiger partial charge in [0, 0.05) is 36.3 Å². The van der Waals surface area contributed by atoms with Crippen molar-refractivity contribution in [1.29, 1.82) is 0 Å². The molecular weight excluding hydrogens is 326 g/mol. The monoisotopic (exact) mass is 343 g/mol. The van der Waals surface area contributed by atoms with E-state index in [2.05, 4.69) is 15.6 Å². The van der Waals surface area contributed by atoms with E-state index in [1.165, 1.54) is 0 Å². The summed E-state index contributed by atoms with van der Waals surface area (Å²) in [5, 5.41) is 6.04. The average Bonchev–Trinajstić information content (AvgIpc) is 3.07. The van der Waals surface area contributed by atoms with Crippen molar-refractivity contribution in [1.82, 2.24) is 19.7 Å². The zero-order valence-electron chi connectivity index (χ0n) is 14.2. The molecule has 0 saturated carbocycles. The third-order valence-electron chi connectivity index (χ3n) is 4.11. The van der Waals surface area contributed by atoms with E-state index in [0.717, 1.165) is 28.4 Å². The van der Waals surface area contributed by atoms with E-state index in [1.807, 2.05) is 53.1 Å². The van der Waals surface area contributed by atoms with E-state index in [4.69, 9.17) is 4.98 Å². The minimum atomic E-state index is -0.109. The second-order valence-corrected chi connectivity index (χ2v) is 5.76. The van der Waals surface area contributed by atoms with E-state index in [1.54, 1.807) is 31.6 Å². The van der Waals surface area contributed by atoms with Crippen molar-refractivity contribution in [2.75, 3.05) is 12.4 Å². The van der Waals surface area contributed by atoms with Gasteiger partial charge in [-0.1, -0.05) is 30.3 Å². The van der Waals surface area contributed by atoms with Gasteiger partial charge in [-0.05, 0) is 24.3 Å². The number of imidazole rings is 1. The van der Waals surface area contributed by atoms with Crippen LogP contribution in [0.3, 0.4) is 0 Å². The standard InChI is InChI=1S/C20H17N5O/c1-21-20(26)15-7-9-16(10-8-15)23-19-18(14-5-3-2-4-6-14)24-17-13-22-11-12-25(17)19/h2-13,23H,1H3,(H,21,26). The molecule has 2 N–H and O–H groups in total. The van der Waals surface area contributed by atoms with Gasteiger partial charge >= 0.3 is 0 Å². The first-order valence-electron chi connectivity index (χ1n) is 8.23. The van der Waals surface area contributed by atoms with Crippen LogP contribution in [0.1, 0.15) is 10.4 Å². The number of carbonyl (C=O) groups is 1. The Kier molecular flexibility index (Phi) is 4.07. The van der Waals surface area contributed by atoms with E-state index in [0.29, 0.717) is 5.56 Å². The fourth-order valence-corrected chi connectivity index (χ4v) is 2.81. The summed E-state index contributed by atoms with van der Waals surface area (Å²) < 4.78 is 1.96. The van der Waals surface area contributed by atoms with Gasteiger partial charge in [0.15, 0.2) is 5.65 Å². The van der Waals surface area contributed by atoms with Crippen LogP contribution >= 0.6 is 0 Å². The number of amides is 1. The van der Waals surface area contributed by atoms with Crippen molar-refractivity contribution < 1.29 is 4.79 Å². The molecule has 4 rings (SSSR count). The van der Waals surface area contributed by atoms with Crippen LogP contribution in [0.15, 0.2) is 73.2 Å². The number of nitrogens with one attached hydrogen (secondary N) is 2. The van der Waals surface area contributed by atoms with Crippen LogP contribution in [-0.4, -0.2) is 27.3 Å². The molecule has 6 nitrogen and oxygen atoms in total. The highest BCUT2D eigenvalue weighted by molar-refractivity contribution is 5.94. The first-order valence-corrected chi connectivity index (χ1v) is 8.23. The molecular formula is C20H17N5O. The molecule has 2 aromatic carbocycles. The first kappa shape index (κ1) is 15.8. The number of anilines is 2. The smallest absolute Gasteiger partial charge is 0.251 e. The van der Waals surface area contributed by atoms with Gasteiger partial charge in [-0.15, -0.1) is 0 Å². The van der Waals surface area contributed by atoms with Crippen molar-refractivity contribution in [2.24, 2.45) is 0 Å². The summed E-state index contributed by atoms with van der Waals surface area (Å²) in [5.74, 6) is 0.740. The van der Waals surface area contributed by atoms with Crippen LogP contribution in [-0.2, 0) is 0 Å². The van der Waals surface area contributed by atoms with Crippen LogP contribution < -0.4 is 10.6 Å². The Morgan fingerprint density at radius 3 is 2.54 bits per heavy atom. The summed E-state index contributed by atoms with van der Waals surface area (Å²) in [6.07, 6.45) is 5.33. The van der Waals surface area contributed by atoms with E-state index in [9.17, 15) is 4.79 Å². The molecule has 6 heteroatoms. The molecule has 128 valence electrons. The molecule has 2 aromatic heterocycles. The highest BCUT2D eigenvalue weighted by Crippen LogP contribution is 2.30. The Morgan fingerprint density at radius 2 is 1.81 bits per heavy atom. The molecule has 26 heavy (non-hydrogen) atoms. The zero-order chi connectivity index (χ0) is 17.9. The minimum Gasteiger partial charge on any atom is -0.355 e. The van der Waals surface area contributed by atoms with Crippen LogP contribution in [0, 0.1) is 0 Å². The van der Waals surface area contributed by atoms with Crippen molar-refractivity contribution in [3.8, 4) is 11.3 Å².